The normalized spacial score (nSPS) is 12.1. The van der Waals surface area contributed by atoms with Crippen LogP contribution in [0.25, 0.3) is 0 Å². The molecule has 0 spiro atoms. The molecule has 1 amide bonds. The summed E-state index contributed by atoms with van der Waals surface area (Å²) in [5.41, 5.74) is 5.30. The van der Waals surface area contributed by atoms with Crippen LogP contribution in [0.3, 0.4) is 0 Å². The van der Waals surface area contributed by atoms with Crippen molar-refractivity contribution >= 4 is 11.9 Å². The summed E-state index contributed by atoms with van der Waals surface area (Å²) in [6.45, 7) is 2.42. The van der Waals surface area contributed by atoms with Crippen LogP contribution in [0.15, 0.2) is 0 Å². The first-order chi connectivity index (χ1) is 8.61. The van der Waals surface area contributed by atoms with Gasteiger partial charge in [-0.25, -0.2) is 4.79 Å². The molecule has 0 saturated heterocycles. The van der Waals surface area contributed by atoms with Gasteiger partial charge in [0, 0.05) is 6.42 Å². The minimum absolute atomic E-state index is 0.189. The van der Waals surface area contributed by atoms with Gasteiger partial charge in [0.2, 0.25) is 5.91 Å². The van der Waals surface area contributed by atoms with E-state index in [1.54, 1.807) is 0 Å². The first-order valence-electron chi connectivity index (χ1n) is 6.84. The first-order valence-corrected chi connectivity index (χ1v) is 6.84. The Morgan fingerprint density at radius 1 is 1.17 bits per heavy atom. The number of hydrogen-bond donors (Lipinski definition) is 3. The van der Waals surface area contributed by atoms with Gasteiger partial charge < -0.3 is 16.2 Å². The molecule has 18 heavy (non-hydrogen) atoms. The number of nitrogens with one attached hydrogen (secondary N) is 1. The molecular formula is C13H26N2O3. The molecule has 5 nitrogen and oxygen atoms in total. The molecule has 0 aromatic carbocycles. The fourth-order valence-corrected chi connectivity index (χ4v) is 1.76. The second-order valence-corrected chi connectivity index (χ2v) is 4.55. The number of unbranched alkanes of at least 4 members (excludes halogenated alkanes) is 5. The molecule has 0 aliphatic carbocycles. The number of rotatable bonds is 11. The Morgan fingerprint density at radius 2 is 1.78 bits per heavy atom. The first kappa shape index (κ1) is 16.9. The minimum atomic E-state index is -1.02. The van der Waals surface area contributed by atoms with Crippen molar-refractivity contribution in [2.24, 2.45) is 5.73 Å². The summed E-state index contributed by atoms with van der Waals surface area (Å²) in [6.07, 6.45) is 7.34. The van der Waals surface area contributed by atoms with E-state index in [1.165, 1.54) is 19.3 Å². The molecule has 106 valence electrons. The third-order valence-electron chi connectivity index (χ3n) is 2.85. The van der Waals surface area contributed by atoms with Gasteiger partial charge in [0.1, 0.15) is 6.04 Å². The fraction of sp³-hybridized carbons (Fsp3) is 0.846. The van der Waals surface area contributed by atoms with Crippen LogP contribution in [0.2, 0.25) is 0 Å². The number of carboxylic acid groups (broad SMARTS) is 1. The molecule has 1 atom stereocenters. The van der Waals surface area contributed by atoms with Crippen LogP contribution in [0.4, 0.5) is 0 Å². The van der Waals surface area contributed by atoms with Crippen molar-refractivity contribution in [2.75, 3.05) is 6.54 Å². The van der Waals surface area contributed by atoms with Crippen molar-refractivity contribution in [3.8, 4) is 0 Å². The van der Waals surface area contributed by atoms with Crippen LogP contribution in [-0.4, -0.2) is 29.6 Å². The molecule has 0 rings (SSSR count). The maximum absolute atomic E-state index is 11.5. The summed E-state index contributed by atoms with van der Waals surface area (Å²) in [7, 11) is 0. The van der Waals surface area contributed by atoms with Crippen LogP contribution in [0.1, 0.15) is 58.3 Å². The lowest BCUT2D eigenvalue weighted by Crippen LogP contribution is -2.41. The predicted molar refractivity (Wildman–Crippen MR) is 71.2 cm³/mol. The van der Waals surface area contributed by atoms with E-state index in [4.69, 9.17) is 10.8 Å². The third kappa shape index (κ3) is 8.98. The SMILES string of the molecule is CCCCCCCCC(=O)N[C@H](CCN)C(=O)O. The topological polar surface area (TPSA) is 92.4 Å². The van der Waals surface area contributed by atoms with Crippen molar-refractivity contribution < 1.29 is 14.7 Å². The van der Waals surface area contributed by atoms with Gasteiger partial charge in [0.15, 0.2) is 0 Å². The Labute approximate surface area is 109 Å². The molecule has 0 heterocycles. The van der Waals surface area contributed by atoms with Crippen molar-refractivity contribution in [2.45, 2.75) is 64.3 Å². The molecule has 4 N–H and O–H groups in total. The summed E-state index contributed by atoms with van der Waals surface area (Å²) in [5, 5.41) is 11.4. The summed E-state index contributed by atoms with van der Waals surface area (Å²) in [4.78, 5) is 22.3. The second kappa shape index (κ2) is 11.0. The fourth-order valence-electron chi connectivity index (χ4n) is 1.76. The quantitative estimate of drug-likeness (QED) is 0.491. The van der Waals surface area contributed by atoms with Gasteiger partial charge >= 0.3 is 5.97 Å². The molecule has 0 radical (unpaired) electrons. The Hall–Kier alpha value is -1.10. The third-order valence-corrected chi connectivity index (χ3v) is 2.85. The molecule has 0 aliphatic heterocycles. The van der Waals surface area contributed by atoms with E-state index < -0.39 is 12.0 Å². The zero-order valence-electron chi connectivity index (χ0n) is 11.3. The second-order valence-electron chi connectivity index (χ2n) is 4.55. The molecular weight excluding hydrogens is 232 g/mol. The van der Waals surface area contributed by atoms with Crippen molar-refractivity contribution in [3.63, 3.8) is 0 Å². The van der Waals surface area contributed by atoms with Crippen molar-refractivity contribution in [1.29, 1.82) is 0 Å². The highest BCUT2D eigenvalue weighted by Crippen LogP contribution is 2.07. The summed E-state index contributed by atoms with van der Waals surface area (Å²) >= 11 is 0. The monoisotopic (exact) mass is 258 g/mol. The molecule has 0 saturated carbocycles. The van der Waals surface area contributed by atoms with Crippen LogP contribution >= 0.6 is 0 Å². The van der Waals surface area contributed by atoms with Crippen LogP contribution < -0.4 is 11.1 Å². The maximum atomic E-state index is 11.5. The van der Waals surface area contributed by atoms with E-state index >= 15 is 0 Å². The van der Waals surface area contributed by atoms with E-state index in [2.05, 4.69) is 12.2 Å². The van der Waals surface area contributed by atoms with E-state index in [1.807, 2.05) is 0 Å². The Bertz CT molecular complexity index is 244. The maximum Gasteiger partial charge on any atom is 0.326 e. The van der Waals surface area contributed by atoms with Gasteiger partial charge in [-0.15, -0.1) is 0 Å². The highest BCUT2D eigenvalue weighted by atomic mass is 16.4. The molecule has 0 fully saturated rings. The zero-order chi connectivity index (χ0) is 13.8. The summed E-state index contributed by atoms with van der Waals surface area (Å²) < 4.78 is 0. The Morgan fingerprint density at radius 3 is 2.33 bits per heavy atom. The molecule has 0 aliphatic rings. The molecule has 0 bridgehead atoms. The van der Waals surface area contributed by atoms with Gasteiger partial charge in [-0.05, 0) is 19.4 Å². The van der Waals surface area contributed by atoms with E-state index in [0.29, 0.717) is 6.42 Å². The molecule has 0 aromatic heterocycles. The summed E-state index contributed by atoms with van der Waals surface area (Å²) in [6, 6.07) is -0.845. The van der Waals surface area contributed by atoms with Crippen LogP contribution in [0, 0.1) is 0 Å². The standard InChI is InChI=1S/C13H26N2O3/c1-2-3-4-5-6-7-8-12(16)15-11(9-10-14)13(17)18/h11H,2-10,14H2,1H3,(H,15,16)(H,17,18)/t11-/m1/s1. The number of carbonyl (C=O) groups is 2. The van der Waals surface area contributed by atoms with Gasteiger partial charge in [0.05, 0.1) is 0 Å². The lowest BCUT2D eigenvalue weighted by atomic mass is 10.1. The van der Waals surface area contributed by atoms with E-state index in [0.717, 1.165) is 19.3 Å². The Kier molecular flexibility index (Phi) is 10.3. The average Bonchev–Trinajstić information content (AvgIpc) is 2.33. The van der Waals surface area contributed by atoms with Crippen molar-refractivity contribution in [1.82, 2.24) is 5.32 Å². The van der Waals surface area contributed by atoms with Crippen molar-refractivity contribution in [3.05, 3.63) is 0 Å². The highest BCUT2D eigenvalue weighted by Gasteiger charge is 2.18. The number of nitrogens with two attached hydrogens (primary N) is 1. The van der Waals surface area contributed by atoms with Gasteiger partial charge in [0.25, 0.3) is 0 Å². The minimum Gasteiger partial charge on any atom is -0.480 e. The molecule has 5 heteroatoms. The number of hydrogen-bond acceptors (Lipinski definition) is 3. The smallest absolute Gasteiger partial charge is 0.326 e. The number of amides is 1. The number of aliphatic carboxylic acids is 1. The predicted octanol–water partition coefficient (Wildman–Crippen LogP) is 1.66. The van der Waals surface area contributed by atoms with E-state index in [9.17, 15) is 9.59 Å². The average molecular weight is 258 g/mol. The lowest BCUT2D eigenvalue weighted by Gasteiger charge is -2.13. The lowest BCUT2D eigenvalue weighted by molar-refractivity contribution is -0.142. The number of carbonyl (C=O) groups excluding carboxylic acids is 1. The molecule has 0 unspecified atom stereocenters. The highest BCUT2D eigenvalue weighted by molar-refractivity contribution is 5.83. The van der Waals surface area contributed by atoms with Gasteiger partial charge in [-0.2, -0.15) is 0 Å². The zero-order valence-corrected chi connectivity index (χ0v) is 11.3. The van der Waals surface area contributed by atoms with Gasteiger partial charge in [-0.3, -0.25) is 4.79 Å². The Balaban J connectivity index is 3.65. The van der Waals surface area contributed by atoms with Gasteiger partial charge in [-0.1, -0.05) is 39.0 Å². The largest absolute Gasteiger partial charge is 0.480 e. The van der Waals surface area contributed by atoms with Crippen LogP contribution in [0.5, 0.6) is 0 Å². The summed E-state index contributed by atoms with van der Waals surface area (Å²) in [5.74, 6) is -1.21. The molecule has 0 aromatic rings. The van der Waals surface area contributed by atoms with Crippen LogP contribution in [-0.2, 0) is 9.59 Å². The number of carboxylic acids is 1. The van der Waals surface area contributed by atoms with E-state index in [-0.39, 0.29) is 18.9 Å².